The van der Waals surface area contributed by atoms with Crippen molar-refractivity contribution in [3.05, 3.63) is 87.5 Å². The number of hydrogen-bond donors (Lipinski definition) is 1. The van der Waals surface area contributed by atoms with Gasteiger partial charge in [0.15, 0.2) is 5.82 Å². The number of H-pyrrole nitrogens is 1. The summed E-state index contributed by atoms with van der Waals surface area (Å²) in [5.74, 6) is 0.700. The zero-order valence-electron chi connectivity index (χ0n) is 15.9. The van der Waals surface area contributed by atoms with Crippen LogP contribution in [0.15, 0.2) is 70.5 Å². The Balaban J connectivity index is 1.72. The third-order valence-electron chi connectivity index (χ3n) is 4.79. The van der Waals surface area contributed by atoms with Gasteiger partial charge in [0.25, 0.3) is 17.1 Å². The molecule has 148 valence electrons. The van der Waals surface area contributed by atoms with Gasteiger partial charge in [-0.15, -0.1) is 5.10 Å². The number of aromatic amines is 1. The average molecular weight is 400 g/mol. The highest BCUT2D eigenvalue weighted by Crippen LogP contribution is 2.16. The summed E-state index contributed by atoms with van der Waals surface area (Å²) >= 11 is 0. The van der Waals surface area contributed by atoms with Crippen molar-refractivity contribution in [1.82, 2.24) is 29.3 Å². The van der Waals surface area contributed by atoms with Crippen LogP contribution in [-0.4, -0.2) is 36.4 Å². The molecule has 0 unspecified atom stereocenters. The van der Waals surface area contributed by atoms with Gasteiger partial charge in [0.1, 0.15) is 6.61 Å². The van der Waals surface area contributed by atoms with Crippen molar-refractivity contribution in [2.75, 3.05) is 7.11 Å². The number of nitrogens with zero attached hydrogens (tertiary/aromatic N) is 5. The molecular weight excluding hydrogens is 384 g/mol. The topological polar surface area (TPSA) is 108 Å². The quantitative estimate of drug-likeness (QED) is 0.462. The van der Waals surface area contributed by atoms with Crippen molar-refractivity contribution in [1.29, 1.82) is 0 Å². The summed E-state index contributed by atoms with van der Waals surface area (Å²) in [6.45, 7) is 0.251. The Bertz CT molecular complexity index is 1500. The number of methoxy groups -OCH3 is 1. The zero-order chi connectivity index (χ0) is 20.7. The van der Waals surface area contributed by atoms with Gasteiger partial charge >= 0.3 is 0 Å². The van der Waals surface area contributed by atoms with Gasteiger partial charge in [-0.1, -0.05) is 18.2 Å². The lowest BCUT2D eigenvalue weighted by molar-refractivity contribution is 0.178. The summed E-state index contributed by atoms with van der Waals surface area (Å²) in [6, 6.07) is 14.3. The highest BCUT2D eigenvalue weighted by atomic mass is 16.5. The monoisotopic (exact) mass is 400 g/mol. The highest BCUT2D eigenvalue weighted by molar-refractivity contribution is 5.91. The van der Waals surface area contributed by atoms with Crippen LogP contribution in [0.3, 0.4) is 0 Å². The van der Waals surface area contributed by atoms with E-state index in [-0.39, 0.29) is 23.7 Å². The summed E-state index contributed by atoms with van der Waals surface area (Å²) < 4.78 is 7.86. The number of aromatic nitrogens is 6. The lowest BCUT2D eigenvalue weighted by atomic mass is 10.2. The number of nitrogens with one attached hydrogen (secondary N) is 1. The minimum absolute atomic E-state index is 0.198. The smallest absolute Gasteiger partial charge is 0.267 e. The maximum absolute atomic E-state index is 13.1. The molecule has 0 aliphatic heterocycles. The summed E-state index contributed by atoms with van der Waals surface area (Å²) in [5.41, 5.74) is 1.15. The first-order valence-electron chi connectivity index (χ1n) is 9.19. The second kappa shape index (κ2) is 7.05. The Hall–Kier alpha value is -4.11. The first-order chi connectivity index (χ1) is 14.7. The highest BCUT2D eigenvalue weighted by Gasteiger charge is 2.13. The Kier molecular flexibility index (Phi) is 4.22. The zero-order valence-corrected chi connectivity index (χ0v) is 15.9. The average Bonchev–Trinajstić information content (AvgIpc) is 3.23. The van der Waals surface area contributed by atoms with Gasteiger partial charge in [-0.2, -0.15) is 4.98 Å². The van der Waals surface area contributed by atoms with E-state index in [1.54, 1.807) is 37.7 Å². The van der Waals surface area contributed by atoms with E-state index in [1.807, 2.05) is 30.3 Å². The van der Waals surface area contributed by atoms with Gasteiger partial charge < -0.3 is 4.74 Å². The minimum Gasteiger partial charge on any atom is -0.377 e. The van der Waals surface area contributed by atoms with E-state index in [9.17, 15) is 9.59 Å². The molecule has 4 aromatic heterocycles. The largest absolute Gasteiger partial charge is 0.377 e. The van der Waals surface area contributed by atoms with Crippen molar-refractivity contribution in [3.63, 3.8) is 0 Å². The number of ether oxygens (including phenoxy) is 1. The van der Waals surface area contributed by atoms with Gasteiger partial charge in [0.2, 0.25) is 0 Å². The molecule has 1 aromatic carbocycles. The molecule has 0 aliphatic rings. The number of para-hydroxylation sites is 1. The van der Waals surface area contributed by atoms with Gasteiger partial charge in [-0.25, -0.2) is 9.55 Å². The molecule has 0 saturated carbocycles. The van der Waals surface area contributed by atoms with Crippen LogP contribution in [0, 0.1) is 0 Å². The number of hydrogen-bond acceptors (Lipinski definition) is 6. The molecule has 0 spiro atoms. The number of rotatable bonds is 4. The Morgan fingerprint density at radius 3 is 2.27 bits per heavy atom. The van der Waals surface area contributed by atoms with Crippen molar-refractivity contribution < 1.29 is 4.74 Å². The molecule has 0 amide bonds. The third kappa shape index (κ3) is 2.88. The fourth-order valence-corrected chi connectivity index (χ4v) is 3.37. The second-order valence-corrected chi connectivity index (χ2v) is 6.69. The molecule has 0 atom stereocenters. The van der Waals surface area contributed by atoms with Crippen LogP contribution in [0.4, 0.5) is 0 Å². The van der Waals surface area contributed by atoms with E-state index in [4.69, 9.17) is 4.74 Å². The number of benzene rings is 1. The van der Waals surface area contributed by atoms with E-state index in [2.05, 4.69) is 20.2 Å². The maximum Gasteiger partial charge on any atom is 0.267 e. The van der Waals surface area contributed by atoms with Gasteiger partial charge in [0.05, 0.1) is 21.8 Å². The lowest BCUT2D eigenvalue weighted by Crippen LogP contribution is -2.21. The Morgan fingerprint density at radius 1 is 0.900 bits per heavy atom. The van der Waals surface area contributed by atoms with Crippen molar-refractivity contribution in [3.8, 4) is 11.6 Å². The molecule has 1 N–H and O–H groups in total. The molecule has 9 nitrogen and oxygen atoms in total. The van der Waals surface area contributed by atoms with E-state index in [0.717, 1.165) is 5.69 Å². The van der Waals surface area contributed by atoms with Crippen LogP contribution in [0.25, 0.3) is 33.4 Å². The molecule has 0 bridgehead atoms. The van der Waals surface area contributed by atoms with Crippen LogP contribution in [0.1, 0.15) is 5.82 Å². The molecule has 30 heavy (non-hydrogen) atoms. The van der Waals surface area contributed by atoms with E-state index in [1.165, 1.54) is 9.13 Å². The van der Waals surface area contributed by atoms with Crippen molar-refractivity contribution in [2.24, 2.45) is 0 Å². The van der Waals surface area contributed by atoms with E-state index >= 15 is 0 Å². The Morgan fingerprint density at radius 2 is 1.57 bits per heavy atom. The molecule has 0 saturated heterocycles. The third-order valence-corrected chi connectivity index (χ3v) is 4.79. The van der Waals surface area contributed by atoms with Gasteiger partial charge in [-0.05, 0) is 30.3 Å². The second-order valence-electron chi connectivity index (χ2n) is 6.69. The predicted octanol–water partition coefficient (Wildman–Crippen LogP) is 1.95. The standard InChI is InChI=1S/C21H16N6O3/c1-30-12-18-23-21(25-24-18)27-10-8-17-15(20(27)29)11-14-16(22-17)7-9-26(19(14)28)13-5-3-2-4-6-13/h2-11H,12H2,1H3,(H,23,24,25). The Labute approximate surface area is 169 Å². The summed E-state index contributed by atoms with van der Waals surface area (Å²) in [7, 11) is 1.55. The fourth-order valence-electron chi connectivity index (χ4n) is 3.37. The van der Waals surface area contributed by atoms with Crippen molar-refractivity contribution >= 4 is 21.8 Å². The minimum atomic E-state index is -0.362. The van der Waals surface area contributed by atoms with Crippen LogP contribution in [0.2, 0.25) is 0 Å². The van der Waals surface area contributed by atoms with E-state index in [0.29, 0.717) is 27.6 Å². The summed E-state index contributed by atoms with van der Waals surface area (Å²) in [4.78, 5) is 34.9. The molecular formula is C21H16N6O3. The molecule has 4 heterocycles. The fraction of sp³-hybridized carbons (Fsp3) is 0.0952. The lowest BCUT2D eigenvalue weighted by Gasteiger charge is -2.08. The SMILES string of the molecule is COCc1nc(-n2ccc3nc4ccn(-c5ccccc5)c(=O)c4cc3c2=O)n[nH]1. The van der Waals surface area contributed by atoms with E-state index < -0.39 is 0 Å². The van der Waals surface area contributed by atoms with Crippen LogP contribution in [0.5, 0.6) is 0 Å². The molecule has 0 fully saturated rings. The van der Waals surface area contributed by atoms with Gasteiger partial charge in [-0.3, -0.25) is 19.3 Å². The molecule has 5 aromatic rings. The van der Waals surface area contributed by atoms with Crippen LogP contribution in [-0.2, 0) is 11.3 Å². The molecule has 0 radical (unpaired) electrons. The first kappa shape index (κ1) is 18.0. The number of fused-ring (bicyclic) bond motifs is 2. The first-order valence-corrected chi connectivity index (χ1v) is 9.19. The predicted molar refractivity (Wildman–Crippen MR) is 111 cm³/mol. The normalized spacial score (nSPS) is 11.4. The van der Waals surface area contributed by atoms with Crippen LogP contribution >= 0.6 is 0 Å². The van der Waals surface area contributed by atoms with Gasteiger partial charge in [0, 0.05) is 25.2 Å². The summed E-state index contributed by atoms with van der Waals surface area (Å²) in [6.07, 6.45) is 3.25. The molecule has 0 aliphatic carbocycles. The number of pyridine rings is 3. The molecule has 5 rings (SSSR count). The van der Waals surface area contributed by atoms with Crippen LogP contribution < -0.4 is 11.1 Å². The van der Waals surface area contributed by atoms with Crippen molar-refractivity contribution in [2.45, 2.75) is 6.61 Å². The molecule has 9 heteroatoms. The maximum atomic E-state index is 13.1. The summed E-state index contributed by atoms with van der Waals surface area (Å²) in [5, 5.41) is 7.47.